The molecular formula is C24H50O5. The number of hydrogen-bond donors (Lipinski definition) is 2. The molecule has 0 amide bonds. The van der Waals surface area contributed by atoms with E-state index in [9.17, 15) is 4.79 Å². The molecule has 0 aromatic carbocycles. The minimum atomic E-state index is -0.653. The molecule has 0 unspecified atom stereocenters. The van der Waals surface area contributed by atoms with Gasteiger partial charge in [0.25, 0.3) is 0 Å². The van der Waals surface area contributed by atoms with Crippen LogP contribution in [0.3, 0.4) is 0 Å². The van der Waals surface area contributed by atoms with Gasteiger partial charge in [-0.15, -0.1) is 0 Å². The average Bonchev–Trinajstić information content (AvgIpc) is 2.71. The predicted octanol–water partition coefficient (Wildman–Crippen LogP) is 6.36. The quantitative estimate of drug-likeness (QED) is 0.200. The van der Waals surface area contributed by atoms with Crippen molar-refractivity contribution in [1.82, 2.24) is 0 Å². The molecule has 0 rings (SSSR count). The van der Waals surface area contributed by atoms with Crippen LogP contribution >= 0.6 is 0 Å². The van der Waals surface area contributed by atoms with Crippen LogP contribution in [0.4, 0.5) is 0 Å². The van der Waals surface area contributed by atoms with Crippen LogP contribution in [-0.4, -0.2) is 49.2 Å². The van der Waals surface area contributed by atoms with Gasteiger partial charge in [-0.1, -0.05) is 96.8 Å². The van der Waals surface area contributed by atoms with E-state index in [1.165, 1.54) is 83.5 Å². The second-order valence-electron chi connectivity index (χ2n) is 7.63. The Labute approximate surface area is 180 Å². The highest BCUT2D eigenvalue weighted by atomic mass is 16.5. The lowest BCUT2D eigenvalue weighted by Crippen LogP contribution is -2.06. The topological polar surface area (TPSA) is 76.0 Å². The molecule has 0 fully saturated rings. The molecule has 5 nitrogen and oxygen atoms in total. The monoisotopic (exact) mass is 418 g/mol. The fourth-order valence-electron chi connectivity index (χ4n) is 3.08. The van der Waals surface area contributed by atoms with Gasteiger partial charge in [-0.2, -0.15) is 0 Å². The maximum Gasteiger partial charge on any atom is 0.303 e. The molecule has 0 radical (unpaired) electrons. The molecule has 176 valence electrons. The standard InChI is InChI=1S/C18H36O2.C6H14O3/c1-2-3-4-5-6-7-8-9-10-11-12-13-14-15-16-17-18(19)20;1-2-8-5-6-9-4-3-7/h2-17H2,1H3,(H,19,20);7H,2-6H2,1H3. The molecular weight excluding hydrogens is 368 g/mol. The molecule has 2 N–H and O–H groups in total. The summed E-state index contributed by atoms with van der Waals surface area (Å²) in [6, 6.07) is 0. The van der Waals surface area contributed by atoms with E-state index in [2.05, 4.69) is 6.92 Å². The van der Waals surface area contributed by atoms with Gasteiger partial charge in [-0.3, -0.25) is 4.79 Å². The maximum atomic E-state index is 10.3. The van der Waals surface area contributed by atoms with E-state index in [0.717, 1.165) is 19.4 Å². The first kappa shape index (κ1) is 30.5. The third-order valence-electron chi connectivity index (χ3n) is 4.81. The van der Waals surface area contributed by atoms with Crippen molar-refractivity contribution in [1.29, 1.82) is 0 Å². The van der Waals surface area contributed by atoms with Gasteiger partial charge in [-0.25, -0.2) is 0 Å². The SMILES string of the molecule is CCCCCCCCCCCCCCCCCC(=O)O.CCOCCOCCO. The fourth-order valence-corrected chi connectivity index (χ4v) is 3.08. The number of ether oxygens (including phenoxy) is 2. The summed E-state index contributed by atoms with van der Waals surface area (Å²) in [7, 11) is 0. The van der Waals surface area contributed by atoms with E-state index in [1.54, 1.807) is 0 Å². The first-order valence-electron chi connectivity index (χ1n) is 12.2. The minimum Gasteiger partial charge on any atom is -0.481 e. The van der Waals surface area contributed by atoms with Crippen molar-refractivity contribution in [3.63, 3.8) is 0 Å². The summed E-state index contributed by atoms with van der Waals surface area (Å²) >= 11 is 0. The van der Waals surface area contributed by atoms with Crippen LogP contribution in [0.2, 0.25) is 0 Å². The lowest BCUT2D eigenvalue weighted by Gasteiger charge is -2.03. The van der Waals surface area contributed by atoms with E-state index in [0.29, 0.717) is 26.2 Å². The number of carboxylic acids is 1. The molecule has 0 bridgehead atoms. The second-order valence-corrected chi connectivity index (χ2v) is 7.63. The number of aliphatic carboxylic acids is 1. The van der Waals surface area contributed by atoms with Gasteiger partial charge in [0.05, 0.1) is 26.4 Å². The number of unbranched alkanes of at least 4 members (excludes halogenated alkanes) is 14. The largest absolute Gasteiger partial charge is 0.481 e. The number of aliphatic hydroxyl groups is 1. The molecule has 29 heavy (non-hydrogen) atoms. The van der Waals surface area contributed by atoms with E-state index >= 15 is 0 Å². The molecule has 0 saturated heterocycles. The Morgan fingerprint density at radius 3 is 1.41 bits per heavy atom. The van der Waals surface area contributed by atoms with Gasteiger partial charge in [-0.05, 0) is 13.3 Å². The summed E-state index contributed by atoms with van der Waals surface area (Å²) < 4.78 is 9.88. The number of carboxylic acid groups (broad SMARTS) is 1. The minimum absolute atomic E-state index is 0.0894. The summed E-state index contributed by atoms with van der Waals surface area (Å²) in [5.74, 6) is -0.653. The normalized spacial score (nSPS) is 10.6. The van der Waals surface area contributed by atoms with Gasteiger partial charge >= 0.3 is 5.97 Å². The van der Waals surface area contributed by atoms with Crippen molar-refractivity contribution >= 4 is 5.97 Å². The zero-order valence-corrected chi connectivity index (χ0v) is 19.5. The zero-order chi connectivity index (χ0) is 21.8. The third-order valence-corrected chi connectivity index (χ3v) is 4.81. The van der Waals surface area contributed by atoms with Crippen LogP contribution < -0.4 is 0 Å². The van der Waals surface area contributed by atoms with Crippen LogP contribution in [0.5, 0.6) is 0 Å². The summed E-state index contributed by atoms with van der Waals surface area (Å²) in [6.07, 6.45) is 20.2. The Balaban J connectivity index is 0. The lowest BCUT2D eigenvalue weighted by atomic mass is 10.0. The van der Waals surface area contributed by atoms with Crippen LogP contribution in [0.1, 0.15) is 117 Å². The molecule has 0 aliphatic carbocycles. The van der Waals surface area contributed by atoms with Gasteiger partial charge in [0.1, 0.15) is 0 Å². The van der Waals surface area contributed by atoms with Crippen molar-refractivity contribution in [2.24, 2.45) is 0 Å². The Kier molecular flexibility index (Phi) is 31.1. The first-order chi connectivity index (χ1) is 14.2. The summed E-state index contributed by atoms with van der Waals surface area (Å²) in [5, 5.41) is 16.8. The van der Waals surface area contributed by atoms with E-state index in [1.807, 2.05) is 6.92 Å². The fraction of sp³-hybridized carbons (Fsp3) is 0.958. The maximum absolute atomic E-state index is 10.3. The Morgan fingerprint density at radius 1 is 0.621 bits per heavy atom. The Morgan fingerprint density at radius 2 is 1.03 bits per heavy atom. The number of aliphatic hydroxyl groups excluding tert-OH is 1. The highest BCUT2D eigenvalue weighted by molar-refractivity contribution is 5.66. The summed E-state index contributed by atoms with van der Waals surface area (Å²) in [5.41, 5.74) is 0. The van der Waals surface area contributed by atoms with E-state index < -0.39 is 5.97 Å². The van der Waals surface area contributed by atoms with Gasteiger partial charge < -0.3 is 19.7 Å². The van der Waals surface area contributed by atoms with Gasteiger partial charge in [0, 0.05) is 13.0 Å². The number of rotatable bonds is 22. The van der Waals surface area contributed by atoms with Crippen LogP contribution in [0.25, 0.3) is 0 Å². The zero-order valence-electron chi connectivity index (χ0n) is 19.5. The first-order valence-corrected chi connectivity index (χ1v) is 12.2. The Bertz CT molecular complexity index is 291. The lowest BCUT2D eigenvalue weighted by molar-refractivity contribution is -0.137. The van der Waals surface area contributed by atoms with Crippen LogP contribution in [-0.2, 0) is 14.3 Å². The van der Waals surface area contributed by atoms with Crippen molar-refractivity contribution in [3.8, 4) is 0 Å². The Hall–Kier alpha value is -0.650. The van der Waals surface area contributed by atoms with Crippen molar-refractivity contribution in [2.45, 2.75) is 117 Å². The van der Waals surface area contributed by atoms with Gasteiger partial charge in [0.15, 0.2) is 0 Å². The van der Waals surface area contributed by atoms with Crippen molar-refractivity contribution < 1.29 is 24.5 Å². The van der Waals surface area contributed by atoms with Crippen LogP contribution in [0.15, 0.2) is 0 Å². The predicted molar refractivity (Wildman–Crippen MR) is 122 cm³/mol. The molecule has 0 atom stereocenters. The summed E-state index contributed by atoms with van der Waals surface area (Å²) in [4.78, 5) is 10.3. The average molecular weight is 419 g/mol. The molecule has 0 saturated carbocycles. The van der Waals surface area contributed by atoms with Crippen molar-refractivity contribution in [3.05, 3.63) is 0 Å². The molecule has 0 heterocycles. The molecule has 0 aromatic heterocycles. The highest BCUT2D eigenvalue weighted by Crippen LogP contribution is 2.13. The third kappa shape index (κ3) is 35.2. The molecule has 0 aromatic rings. The highest BCUT2D eigenvalue weighted by Gasteiger charge is 1.97. The molecule has 5 heteroatoms. The van der Waals surface area contributed by atoms with E-state index in [-0.39, 0.29) is 6.61 Å². The van der Waals surface area contributed by atoms with E-state index in [4.69, 9.17) is 19.7 Å². The smallest absolute Gasteiger partial charge is 0.303 e. The molecule has 0 aliphatic heterocycles. The summed E-state index contributed by atoms with van der Waals surface area (Å²) in [6.45, 7) is 6.63. The second kappa shape index (κ2) is 29.6. The molecule has 0 spiro atoms. The number of carbonyl (C=O) groups is 1. The van der Waals surface area contributed by atoms with Crippen molar-refractivity contribution in [2.75, 3.05) is 33.0 Å². The van der Waals surface area contributed by atoms with Crippen LogP contribution in [0, 0.1) is 0 Å². The molecule has 0 aliphatic rings. The number of hydrogen-bond acceptors (Lipinski definition) is 4. The van der Waals surface area contributed by atoms with Gasteiger partial charge in [0.2, 0.25) is 0 Å².